The number of carbonyl (C=O) groups is 1. The van der Waals surface area contributed by atoms with Crippen LogP contribution in [0.1, 0.15) is 65.2 Å². The van der Waals surface area contributed by atoms with E-state index in [1.54, 1.807) is 0 Å². The normalized spacial score (nSPS) is 19.5. The first-order chi connectivity index (χ1) is 8.13. The zero-order chi connectivity index (χ0) is 12.7. The number of aliphatic hydroxyl groups excluding tert-OH is 1. The molecule has 1 atom stereocenters. The molecule has 0 spiro atoms. The zero-order valence-corrected chi connectivity index (χ0v) is 11.2. The van der Waals surface area contributed by atoms with Crippen molar-refractivity contribution in [3.05, 3.63) is 11.8 Å². The Labute approximate surface area is 105 Å². The van der Waals surface area contributed by atoms with Gasteiger partial charge in [-0.05, 0) is 18.8 Å². The molecule has 0 aromatic rings. The van der Waals surface area contributed by atoms with Crippen LogP contribution in [0.25, 0.3) is 0 Å². The molecule has 0 bridgehead atoms. The van der Waals surface area contributed by atoms with E-state index in [0.717, 1.165) is 25.2 Å². The molecule has 0 saturated heterocycles. The molecule has 2 heteroatoms. The third-order valence-electron chi connectivity index (χ3n) is 3.81. The average Bonchev–Trinajstić information content (AvgIpc) is 2.79. The molecule has 0 aromatic carbocycles. The minimum atomic E-state index is 0.0948. The summed E-state index contributed by atoms with van der Waals surface area (Å²) in [5, 5.41) is 9.75. The Kier molecular flexibility index (Phi) is 6.31. The monoisotopic (exact) mass is 238 g/mol. The summed E-state index contributed by atoms with van der Waals surface area (Å²) in [4.78, 5) is 11.7. The van der Waals surface area contributed by atoms with Crippen molar-refractivity contribution in [2.24, 2.45) is 11.8 Å². The maximum absolute atomic E-state index is 11.7. The van der Waals surface area contributed by atoms with Crippen LogP contribution >= 0.6 is 0 Å². The number of rotatable bonds is 7. The highest BCUT2D eigenvalue weighted by atomic mass is 16.3. The second-order valence-corrected chi connectivity index (χ2v) is 5.41. The van der Waals surface area contributed by atoms with E-state index in [1.165, 1.54) is 31.8 Å². The van der Waals surface area contributed by atoms with Crippen LogP contribution in [0.15, 0.2) is 11.8 Å². The van der Waals surface area contributed by atoms with E-state index >= 15 is 0 Å². The van der Waals surface area contributed by atoms with Gasteiger partial charge in [-0.15, -0.1) is 0 Å². The van der Waals surface area contributed by atoms with Crippen molar-refractivity contribution < 1.29 is 9.90 Å². The molecule has 0 amide bonds. The number of ketones is 1. The van der Waals surface area contributed by atoms with Gasteiger partial charge in [-0.1, -0.05) is 46.0 Å². The summed E-state index contributed by atoms with van der Waals surface area (Å²) in [6, 6.07) is 0. The van der Waals surface area contributed by atoms with E-state index in [9.17, 15) is 9.90 Å². The van der Waals surface area contributed by atoms with Crippen molar-refractivity contribution in [1.29, 1.82) is 0 Å². The quantitative estimate of drug-likeness (QED) is 0.527. The number of aliphatic hydroxyl groups is 1. The molecule has 1 saturated carbocycles. The van der Waals surface area contributed by atoms with Gasteiger partial charge in [0.05, 0.1) is 5.76 Å². The number of allylic oxidation sites excluding steroid dienone is 2. The summed E-state index contributed by atoms with van der Waals surface area (Å²) in [7, 11) is 0. The SMILES string of the molecule is CCCC(C)/C(O)=C/C(=O)CCC1CCCC1. The fraction of sp³-hybridized carbons (Fsp3) is 0.800. The first kappa shape index (κ1) is 14.3. The van der Waals surface area contributed by atoms with Gasteiger partial charge in [0.15, 0.2) is 5.78 Å². The zero-order valence-electron chi connectivity index (χ0n) is 11.2. The Morgan fingerprint density at radius 1 is 1.41 bits per heavy atom. The van der Waals surface area contributed by atoms with Gasteiger partial charge < -0.3 is 5.11 Å². The molecule has 1 unspecified atom stereocenters. The predicted molar refractivity (Wildman–Crippen MR) is 71.0 cm³/mol. The lowest BCUT2D eigenvalue weighted by Crippen LogP contribution is -2.04. The van der Waals surface area contributed by atoms with E-state index in [-0.39, 0.29) is 17.5 Å². The van der Waals surface area contributed by atoms with E-state index in [4.69, 9.17) is 0 Å². The second kappa shape index (κ2) is 7.52. The van der Waals surface area contributed by atoms with Crippen LogP contribution in [-0.4, -0.2) is 10.9 Å². The summed E-state index contributed by atoms with van der Waals surface area (Å²) in [5.74, 6) is 1.23. The van der Waals surface area contributed by atoms with Crippen molar-refractivity contribution in [2.45, 2.75) is 65.2 Å². The molecule has 1 fully saturated rings. The lowest BCUT2D eigenvalue weighted by molar-refractivity contribution is -0.115. The minimum Gasteiger partial charge on any atom is -0.512 e. The maximum atomic E-state index is 11.7. The Bertz CT molecular complexity index is 262. The molecule has 17 heavy (non-hydrogen) atoms. The van der Waals surface area contributed by atoms with E-state index < -0.39 is 0 Å². The van der Waals surface area contributed by atoms with Crippen molar-refractivity contribution in [3.8, 4) is 0 Å². The smallest absolute Gasteiger partial charge is 0.159 e. The summed E-state index contributed by atoms with van der Waals surface area (Å²) in [5.41, 5.74) is 0. The van der Waals surface area contributed by atoms with Gasteiger partial charge in [-0.2, -0.15) is 0 Å². The number of hydrogen-bond acceptors (Lipinski definition) is 2. The Morgan fingerprint density at radius 2 is 2.06 bits per heavy atom. The third-order valence-corrected chi connectivity index (χ3v) is 3.81. The second-order valence-electron chi connectivity index (χ2n) is 5.41. The van der Waals surface area contributed by atoms with Gasteiger partial charge in [-0.25, -0.2) is 0 Å². The molecule has 0 aromatic heterocycles. The summed E-state index contributed by atoms with van der Waals surface area (Å²) < 4.78 is 0. The van der Waals surface area contributed by atoms with Crippen LogP contribution in [-0.2, 0) is 4.79 Å². The third kappa shape index (κ3) is 5.38. The predicted octanol–water partition coefficient (Wildman–Crippen LogP) is 4.40. The van der Waals surface area contributed by atoms with Gasteiger partial charge in [-0.3, -0.25) is 4.79 Å². The Hall–Kier alpha value is -0.790. The van der Waals surface area contributed by atoms with Gasteiger partial charge in [0.1, 0.15) is 0 Å². The molecule has 0 heterocycles. The maximum Gasteiger partial charge on any atom is 0.159 e. The van der Waals surface area contributed by atoms with Crippen molar-refractivity contribution >= 4 is 5.78 Å². The summed E-state index contributed by atoms with van der Waals surface area (Å²) in [6.07, 6.45) is 10.3. The molecule has 1 aliphatic rings. The lowest BCUT2D eigenvalue weighted by Gasteiger charge is -2.09. The molecule has 1 N–H and O–H groups in total. The molecule has 0 aliphatic heterocycles. The fourth-order valence-corrected chi connectivity index (χ4v) is 2.61. The van der Waals surface area contributed by atoms with Gasteiger partial charge in [0.2, 0.25) is 0 Å². The highest BCUT2D eigenvalue weighted by Crippen LogP contribution is 2.28. The summed E-state index contributed by atoms with van der Waals surface area (Å²) in [6.45, 7) is 4.06. The van der Waals surface area contributed by atoms with E-state index in [1.807, 2.05) is 6.92 Å². The highest BCUT2D eigenvalue weighted by Gasteiger charge is 2.16. The van der Waals surface area contributed by atoms with Crippen molar-refractivity contribution in [1.82, 2.24) is 0 Å². The first-order valence-electron chi connectivity index (χ1n) is 7.06. The number of carbonyl (C=O) groups excluding carboxylic acids is 1. The minimum absolute atomic E-state index is 0.0948. The topological polar surface area (TPSA) is 37.3 Å². The largest absolute Gasteiger partial charge is 0.512 e. The van der Waals surface area contributed by atoms with Crippen molar-refractivity contribution in [2.75, 3.05) is 0 Å². The van der Waals surface area contributed by atoms with Crippen LogP contribution in [0.2, 0.25) is 0 Å². The molecular weight excluding hydrogens is 212 g/mol. The molecule has 2 nitrogen and oxygen atoms in total. The van der Waals surface area contributed by atoms with Crippen LogP contribution in [0.3, 0.4) is 0 Å². The van der Waals surface area contributed by atoms with E-state index in [0.29, 0.717) is 6.42 Å². The fourth-order valence-electron chi connectivity index (χ4n) is 2.61. The number of hydrogen-bond donors (Lipinski definition) is 1. The van der Waals surface area contributed by atoms with Crippen LogP contribution < -0.4 is 0 Å². The lowest BCUT2D eigenvalue weighted by atomic mass is 9.98. The van der Waals surface area contributed by atoms with Crippen LogP contribution in [0.5, 0.6) is 0 Å². The molecule has 0 radical (unpaired) electrons. The van der Waals surface area contributed by atoms with Gasteiger partial charge in [0.25, 0.3) is 0 Å². The highest BCUT2D eigenvalue weighted by molar-refractivity contribution is 5.89. The Morgan fingerprint density at radius 3 is 2.65 bits per heavy atom. The Balaban J connectivity index is 2.28. The molecule has 1 rings (SSSR count). The van der Waals surface area contributed by atoms with Crippen molar-refractivity contribution in [3.63, 3.8) is 0 Å². The molecule has 98 valence electrons. The van der Waals surface area contributed by atoms with Gasteiger partial charge >= 0.3 is 0 Å². The standard InChI is InChI=1S/C15H26O2/c1-3-6-12(2)15(17)11-14(16)10-9-13-7-4-5-8-13/h11-13,17H,3-10H2,1-2H3/b15-11-. The summed E-state index contributed by atoms with van der Waals surface area (Å²) >= 11 is 0. The van der Waals surface area contributed by atoms with Crippen LogP contribution in [0, 0.1) is 11.8 Å². The molecule has 1 aliphatic carbocycles. The molecular formula is C15H26O2. The first-order valence-corrected chi connectivity index (χ1v) is 7.06. The van der Waals surface area contributed by atoms with Crippen LogP contribution in [0.4, 0.5) is 0 Å². The van der Waals surface area contributed by atoms with Gasteiger partial charge in [0, 0.05) is 18.4 Å². The average molecular weight is 238 g/mol. The van der Waals surface area contributed by atoms with E-state index in [2.05, 4.69) is 6.92 Å².